The molecule has 0 aromatic heterocycles. The molecule has 3 rings (SSSR count). The van der Waals surface area contributed by atoms with Crippen LogP contribution in [0.4, 0.5) is 16.2 Å². The van der Waals surface area contributed by atoms with E-state index in [1.807, 2.05) is 28.0 Å². The Labute approximate surface area is 116 Å². The fourth-order valence-corrected chi connectivity index (χ4v) is 3.33. The molecule has 1 aromatic carbocycles. The molecular weight excluding hydrogens is 262 g/mol. The molecular formula is C13H17N3O2S. The van der Waals surface area contributed by atoms with Gasteiger partial charge in [-0.15, -0.1) is 11.8 Å². The predicted octanol–water partition coefficient (Wildman–Crippen LogP) is 1.63. The molecule has 2 amide bonds. The maximum Gasteiger partial charge on any atom is 0.324 e. The fourth-order valence-electron chi connectivity index (χ4n) is 2.36. The molecule has 0 unspecified atom stereocenters. The minimum absolute atomic E-state index is 0.0652. The summed E-state index contributed by atoms with van der Waals surface area (Å²) in [4.78, 5) is 17.4. The van der Waals surface area contributed by atoms with Crippen LogP contribution >= 0.6 is 11.8 Å². The number of morpholine rings is 1. The van der Waals surface area contributed by atoms with Crippen LogP contribution in [0.1, 0.15) is 0 Å². The van der Waals surface area contributed by atoms with E-state index in [1.165, 1.54) is 0 Å². The number of nitrogens with zero attached hydrogens (tertiary/aromatic N) is 2. The summed E-state index contributed by atoms with van der Waals surface area (Å²) >= 11 is 1.77. The third-order valence-corrected chi connectivity index (χ3v) is 4.40. The van der Waals surface area contributed by atoms with E-state index in [9.17, 15) is 4.79 Å². The summed E-state index contributed by atoms with van der Waals surface area (Å²) in [6.07, 6.45) is 0. The molecule has 0 spiro atoms. The van der Waals surface area contributed by atoms with E-state index >= 15 is 0 Å². The van der Waals surface area contributed by atoms with Crippen LogP contribution in [0.3, 0.4) is 0 Å². The Morgan fingerprint density at radius 3 is 2.84 bits per heavy atom. The molecule has 1 fully saturated rings. The Bertz CT molecular complexity index is 489. The van der Waals surface area contributed by atoms with Gasteiger partial charge in [0.2, 0.25) is 0 Å². The highest BCUT2D eigenvalue weighted by molar-refractivity contribution is 7.99. The van der Waals surface area contributed by atoms with Crippen molar-refractivity contribution in [1.29, 1.82) is 0 Å². The predicted molar refractivity (Wildman–Crippen MR) is 76.7 cm³/mol. The average molecular weight is 279 g/mol. The zero-order valence-electron chi connectivity index (χ0n) is 10.7. The maximum atomic E-state index is 12.6. The van der Waals surface area contributed by atoms with E-state index in [2.05, 4.69) is 0 Å². The summed E-state index contributed by atoms with van der Waals surface area (Å²) in [6.45, 7) is 3.31. The molecule has 102 valence electrons. The largest absolute Gasteiger partial charge is 0.399 e. The molecule has 6 heteroatoms. The first-order chi connectivity index (χ1) is 9.25. The van der Waals surface area contributed by atoms with Crippen molar-refractivity contribution in [3.63, 3.8) is 0 Å². The van der Waals surface area contributed by atoms with E-state index in [0.717, 1.165) is 22.9 Å². The van der Waals surface area contributed by atoms with Gasteiger partial charge >= 0.3 is 6.03 Å². The maximum absolute atomic E-state index is 12.6. The first-order valence-corrected chi connectivity index (χ1v) is 7.41. The summed E-state index contributed by atoms with van der Waals surface area (Å²) in [6, 6.07) is 5.83. The van der Waals surface area contributed by atoms with Gasteiger partial charge in [0.25, 0.3) is 0 Å². The van der Waals surface area contributed by atoms with E-state index in [4.69, 9.17) is 10.5 Å². The Morgan fingerprint density at radius 1 is 1.26 bits per heavy atom. The molecule has 2 aliphatic rings. The Morgan fingerprint density at radius 2 is 2.05 bits per heavy atom. The zero-order valence-corrected chi connectivity index (χ0v) is 11.5. The first-order valence-electron chi connectivity index (χ1n) is 6.42. The van der Waals surface area contributed by atoms with E-state index < -0.39 is 0 Å². The van der Waals surface area contributed by atoms with Crippen molar-refractivity contribution in [1.82, 2.24) is 4.90 Å². The minimum Gasteiger partial charge on any atom is -0.399 e. The number of benzene rings is 1. The Balaban J connectivity index is 1.86. The van der Waals surface area contributed by atoms with E-state index in [0.29, 0.717) is 32.0 Å². The van der Waals surface area contributed by atoms with Crippen LogP contribution in [0, 0.1) is 0 Å². The van der Waals surface area contributed by atoms with Gasteiger partial charge in [-0.1, -0.05) is 0 Å². The number of amides is 2. The van der Waals surface area contributed by atoms with Gasteiger partial charge in [0.05, 0.1) is 18.9 Å². The van der Waals surface area contributed by atoms with Gasteiger partial charge in [0, 0.05) is 36.0 Å². The molecule has 0 atom stereocenters. The first kappa shape index (κ1) is 12.6. The molecule has 0 radical (unpaired) electrons. The molecule has 2 heterocycles. The van der Waals surface area contributed by atoms with E-state index in [-0.39, 0.29) is 6.03 Å². The normalized spacial score (nSPS) is 19.2. The number of hydrogen-bond donors (Lipinski definition) is 1. The zero-order chi connectivity index (χ0) is 13.2. The number of thioether (sulfide) groups is 1. The van der Waals surface area contributed by atoms with E-state index in [1.54, 1.807) is 11.8 Å². The second-order valence-electron chi connectivity index (χ2n) is 4.61. The number of anilines is 2. The molecule has 1 aromatic rings. The number of fused-ring (bicyclic) bond motifs is 1. The Hall–Kier alpha value is -1.40. The average Bonchev–Trinajstić information content (AvgIpc) is 2.47. The van der Waals surface area contributed by atoms with Gasteiger partial charge in [-0.2, -0.15) is 0 Å². The summed E-state index contributed by atoms with van der Waals surface area (Å²) in [7, 11) is 0. The molecule has 19 heavy (non-hydrogen) atoms. The van der Waals surface area contributed by atoms with Crippen LogP contribution in [0.15, 0.2) is 23.1 Å². The second kappa shape index (κ2) is 5.30. The number of nitrogens with two attached hydrogens (primary N) is 1. The van der Waals surface area contributed by atoms with Crippen LogP contribution in [-0.2, 0) is 4.74 Å². The highest BCUT2D eigenvalue weighted by Gasteiger charge is 2.28. The van der Waals surface area contributed by atoms with Crippen molar-refractivity contribution in [2.24, 2.45) is 0 Å². The van der Waals surface area contributed by atoms with Crippen molar-refractivity contribution in [2.75, 3.05) is 49.2 Å². The summed E-state index contributed by atoms with van der Waals surface area (Å²) < 4.78 is 5.29. The molecule has 1 saturated heterocycles. The van der Waals surface area contributed by atoms with Gasteiger partial charge in [0.1, 0.15) is 0 Å². The summed E-state index contributed by atoms with van der Waals surface area (Å²) in [5.74, 6) is 0.924. The third-order valence-electron chi connectivity index (χ3n) is 3.36. The van der Waals surface area contributed by atoms with Gasteiger partial charge < -0.3 is 15.4 Å². The Kier molecular flexibility index (Phi) is 3.52. The monoisotopic (exact) mass is 279 g/mol. The lowest BCUT2D eigenvalue weighted by Crippen LogP contribution is -2.49. The molecule has 2 aliphatic heterocycles. The van der Waals surface area contributed by atoms with Crippen molar-refractivity contribution >= 4 is 29.2 Å². The van der Waals surface area contributed by atoms with Crippen LogP contribution in [0.2, 0.25) is 0 Å². The number of carbonyl (C=O) groups is 1. The molecule has 5 nitrogen and oxygen atoms in total. The standard InChI is InChI=1S/C13H17N3O2S/c14-10-1-2-12-11(9-10)16(5-8-19-12)13(17)15-3-6-18-7-4-15/h1-2,9H,3-8,14H2. The molecule has 0 aliphatic carbocycles. The minimum atomic E-state index is 0.0652. The molecule has 0 bridgehead atoms. The summed E-state index contributed by atoms with van der Waals surface area (Å²) in [5.41, 5.74) is 7.47. The van der Waals surface area contributed by atoms with Crippen molar-refractivity contribution in [2.45, 2.75) is 4.90 Å². The highest BCUT2D eigenvalue weighted by atomic mass is 32.2. The lowest BCUT2D eigenvalue weighted by atomic mass is 10.2. The second-order valence-corrected chi connectivity index (χ2v) is 5.75. The lowest BCUT2D eigenvalue weighted by Gasteiger charge is -2.35. The van der Waals surface area contributed by atoms with Gasteiger partial charge in [-0.25, -0.2) is 4.79 Å². The number of ether oxygens (including phenoxy) is 1. The quantitative estimate of drug-likeness (QED) is 0.733. The number of rotatable bonds is 0. The number of hydrogen-bond acceptors (Lipinski definition) is 4. The van der Waals surface area contributed by atoms with Crippen LogP contribution in [-0.4, -0.2) is 49.5 Å². The summed E-state index contributed by atoms with van der Waals surface area (Å²) in [5, 5.41) is 0. The third kappa shape index (κ3) is 2.50. The number of carbonyl (C=O) groups excluding carboxylic acids is 1. The molecule has 0 saturated carbocycles. The SMILES string of the molecule is Nc1ccc2c(c1)N(C(=O)N1CCOCC1)CCS2. The smallest absolute Gasteiger partial charge is 0.324 e. The van der Waals surface area contributed by atoms with Gasteiger partial charge in [0.15, 0.2) is 0 Å². The van der Waals surface area contributed by atoms with Crippen LogP contribution in [0.25, 0.3) is 0 Å². The number of nitrogen functional groups attached to an aromatic ring is 1. The van der Waals surface area contributed by atoms with Crippen LogP contribution < -0.4 is 10.6 Å². The number of urea groups is 1. The van der Waals surface area contributed by atoms with Gasteiger partial charge in [-0.05, 0) is 18.2 Å². The fraction of sp³-hybridized carbons (Fsp3) is 0.462. The topological polar surface area (TPSA) is 58.8 Å². The van der Waals surface area contributed by atoms with Crippen LogP contribution in [0.5, 0.6) is 0 Å². The highest BCUT2D eigenvalue weighted by Crippen LogP contribution is 2.36. The lowest BCUT2D eigenvalue weighted by molar-refractivity contribution is 0.0549. The van der Waals surface area contributed by atoms with Gasteiger partial charge in [-0.3, -0.25) is 4.90 Å². The van der Waals surface area contributed by atoms with Crippen molar-refractivity contribution in [3.05, 3.63) is 18.2 Å². The van der Waals surface area contributed by atoms with Crippen molar-refractivity contribution < 1.29 is 9.53 Å². The van der Waals surface area contributed by atoms with Crippen molar-refractivity contribution in [3.8, 4) is 0 Å². The molecule has 2 N–H and O–H groups in total.